The Morgan fingerprint density at radius 1 is 1.05 bits per heavy atom. The smallest absolute Gasteiger partial charge is 0.355 e. The van der Waals surface area contributed by atoms with Gasteiger partial charge in [0.05, 0.1) is 0 Å². The van der Waals surface area contributed by atoms with Gasteiger partial charge in [-0.15, -0.1) is 0 Å². The highest BCUT2D eigenvalue weighted by atomic mass is 16.6. The highest BCUT2D eigenvalue weighted by Crippen LogP contribution is 2.07. The zero-order chi connectivity index (χ0) is 15.2. The molecule has 1 aromatic carbocycles. The molecule has 110 valence electrons. The second-order valence-electron chi connectivity index (χ2n) is 4.64. The number of aromatic nitrogens is 1. The molecule has 0 saturated heterocycles. The summed E-state index contributed by atoms with van der Waals surface area (Å²) in [5.74, 6) is -1.11. The van der Waals surface area contributed by atoms with Crippen molar-refractivity contribution in [3.63, 3.8) is 0 Å². The Labute approximate surface area is 123 Å². The minimum atomic E-state index is -0.571. The molecular weight excluding hydrogens is 270 g/mol. The minimum absolute atomic E-state index is 0.167. The molecule has 0 N–H and O–H groups in total. The summed E-state index contributed by atoms with van der Waals surface area (Å²) in [5.41, 5.74) is 2.23. The first kappa shape index (κ1) is 14.8. The Morgan fingerprint density at radius 2 is 1.76 bits per heavy atom. The third kappa shape index (κ3) is 3.95. The molecule has 1 aromatic heterocycles. The summed E-state index contributed by atoms with van der Waals surface area (Å²) in [7, 11) is 1.76. The van der Waals surface area contributed by atoms with Crippen LogP contribution < -0.4 is 0 Å². The van der Waals surface area contributed by atoms with E-state index in [0.29, 0.717) is 5.69 Å². The second kappa shape index (κ2) is 6.74. The van der Waals surface area contributed by atoms with Crippen molar-refractivity contribution in [1.29, 1.82) is 0 Å². The monoisotopic (exact) mass is 287 g/mol. The summed E-state index contributed by atoms with van der Waals surface area (Å²) in [6.07, 6.45) is 0. The number of carbonyl (C=O) groups excluding carboxylic acids is 2. The van der Waals surface area contributed by atoms with E-state index in [1.807, 2.05) is 43.3 Å². The van der Waals surface area contributed by atoms with Crippen molar-refractivity contribution >= 4 is 11.9 Å². The fourth-order valence-corrected chi connectivity index (χ4v) is 1.80. The van der Waals surface area contributed by atoms with Crippen LogP contribution in [0.5, 0.6) is 0 Å². The molecular formula is C16H17NO4. The van der Waals surface area contributed by atoms with Crippen LogP contribution in [0, 0.1) is 6.92 Å². The summed E-state index contributed by atoms with van der Waals surface area (Å²) < 4.78 is 11.7. The highest BCUT2D eigenvalue weighted by molar-refractivity contribution is 5.89. The lowest BCUT2D eigenvalue weighted by molar-refractivity contribution is -0.148. The third-order valence-corrected chi connectivity index (χ3v) is 3.15. The van der Waals surface area contributed by atoms with Crippen LogP contribution in [0.25, 0.3) is 0 Å². The van der Waals surface area contributed by atoms with Gasteiger partial charge in [0.15, 0.2) is 6.61 Å². The molecule has 0 aliphatic carbocycles. The van der Waals surface area contributed by atoms with Crippen LogP contribution in [0.4, 0.5) is 0 Å². The maximum atomic E-state index is 11.8. The zero-order valence-corrected chi connectivity index (χ0v) is 12.0. The molecule has 0 fully saturated rings. The number of hydrogen-bond acceptors (Lipinski definition) is 4. The molecule has 0 spiro atoms. The van der Waals surface area contributed by atoms with E-state index in [1.165, 1.54) is 0 Å². The molecule has 1 heterocycles. The van der Waals surface area contributed by atoms with Crippen LogP contribution in [-0.4, -0.2) is 23.1 Å². The molecule has 0 atom stereocenters. The summed E-state index contributed by atoms with van der Waals surface area (Å²) in [4.78, 5) is 23.3. The van der Waals surface area contributed by atoms with E-state index in [-0.39, 0.29) is 6.61 Å². The van der Waals surface area contributed by atoms with Gasteiger partial charge in [-0.3, -0.25) is 0 Å². The van der Waals surface area contributed by atoms with Crippen molar-refractivity contribution in [1.82, 2.24) is 4.57 Å². The van der Waals surface area contributed by atoms with Gasteiger partial charge in [0.2, 0.25) is 0 Å². The quantitative estimate of drug-likeness (QED) is 0.791. The van der Waals surface area contributed by atoms with Gasteiger partial charge in [0.1, 0.15) is 12.3 Å². The van der Waals surface area contributed by atoms with Gasteiger partial charge >= 0.3 is 11.9 Å². The van der Waals surface area contributed by atoms with Gasteiger partial charge in [-0.25, -0.2) is 9.59 Å². The molecule has 0 aliphatic heterocycles. The zero-order valence-electron chi connectivity index (χ0n) is 12.0. The lowest BCUT2D eigenvalue weighted by Crippen LogP contribution is -2.18. The Hall–Kier alpha value is -2.56. The molecule has 0 unspecified atom stereocenters. The van der Waals surface area contributed by atoms with Crippen LogP contribution >= 0.6 is 0 Å². The standard InChI is InChI=1S/C16H17NO4/c1-12-8-9-14(17(12)2)16(19)21-11-15(18)20-10-13-6-4-3-5-7-13/h3-9H,10-11H2,1-2H3. The number of ether oxygens (including phenoxy) is 2. The maximum Gasteiger partial charge on any atom is 0.355 e. The van der Waals surface area contributed by atoms with Crippen LogP contribution in [0.1, 0.15) is 21.7 Å². The fraction of sp³-hybridized carbons (Fsp3) is 0.250. The number of rotatable bonds is 5. The SMILES string of the molecule is Cc1ccc(C(=O)OCC(=O)OCc2ccccc2)n1C. The topological polar surface area (TPSA) is 57.5 Å². The van der Waals surface area contributed by atoms with Gasteiger partial charge < -0.3 is 14.0 Å². The van der Waals surface area contributed by atoms with Crippen molar-refractivity contribution in [3.8, 4) is 0 Å². The van der Waals surface area contributed by atoms with Crippen LogP contribution in [0.3, 0.4) is 0 Å². The van der Waals surface area contributed by atoms with Gasteiger partial charge in [0.25, 0.3) is 0 Å². The van der Waals surface area contributed by atoms with Gasteiger partial charge in [-0.2, -0.15) is 0 Å². The fourth-order valence-electron chi connectivity index (χ4n) is 1.80. The normalized spacial score (nSPS) is 10.2. The molecule has 2 rings (SSSR count). The first-order valence-electron chi connectivity index (χ1n) is 6.57. The number of hydrogen-bond donors (Lipinski definition) is 0. The summed E-state index contributed by atoms with van der Waals surface area (Å²) >= 11 is 0. The number of nitrogens with zero attached hydrogens (tertiary/aromatic N) is 1. The molecule has 0 aliphatic rings. The van der Waals surface area contributed by atoms with Crippen molar-refractivity contribution in [2.24, 2.45) is 7.05 Å². The second-order valence-corrected chi connectivity index (χ2v) is 4.64. The molecule has 0 bridgehead atoms. The van der Waals surface area contributed by atoms with Gasteiger partial charge in [-0.1, -0.05) is 30.3 Å². The van der Waals surface area contributed by atoms with Gasteiger partial charge in [0, 0.05) is 12.7 Å². The number of carbonyl (C=O) groups is 2. The predicted molar refractivity (Wildman–Crippen MR) is 76.7 cm³/mol. The first-order valence-corrected chi connectivity index (χ1v) is 6.57. The van der Waals surface area contributed by atoms with E-state index in [4.69, 9.17) is 9.47 Å². The lowest BCUT2D eigenvalue weighted by atomic mass is 10.2. The van der Waals surface area contributed by atoms with Crippen LogP contribution in [0.15, 0.2) is 42.5 Å². The van der Waals surface area contributed by atoms with Crippen molar-refractivity contribution in [2.75, 3.05) is 6.61 Å². The summed E-state index contributed by atoms with van der Waals surface area (Å²) in [5, 5.41) is 0. The average molecular weight is 287 g/mol. The number of benzene rings is 1. The molecule has 0 radical (unpaired) electrons. The highest BCUT2D eigenvalue weighted by Gasteiger charge is 2.14. The number of aryl methyl sites for hydroxylation is 1. The molecule has 0 amide bonds. The van der Waals surface area contributed by atoms with Crippen molar-refractivity contribution in [2.45, 2.75) is 13.5 Å². The molecule has 2 aromatic rings. The van der Waals surface area contributed by atoms with E-state index in [2.05, 4.69) is 0 Å². The number of esters is 2. The van der Waals surface area contributed by atoms with Gasteiger partial charge in [-0.05, 0) is 24.6 Å². The Balaban J connectivity index is 1.79. The van der Waals surface area contributed by atoms with E-state index >= 15 is 0 Å². The third-order valence-electron chi connectivity index (χ3n) is 3.15. The van der Waals surface area contributed by atoms with Crippen molar-refractivity contribution < 1.29 is 19.1 Å². The van der Waals surface area contributed by atoms with E-state index in [0.717, 1.165) is 11.3 Å². The summed E-state index contributed by atoms with van der Waals surface area (Å²) in [6.45, 7) is 1.65. The first-order chi connectivity index (χ1) is 10.1. The summed E-state index contributed by atoms with van der Waals surface area (Å²) in [6, 6.07) is 12.8. The van der Waals surface area contributed by atoms with Crippen LogP contribution in [-0.2, 0) is 27.9 Å². The molecule has 0 saturated carbocycles. The maximum absolute atomic E-state index is 11.8. The molecule has 21 heavy (non-hydrogen) atoms. The predicted octanol–water partition coefficient (Wildman–Crippen LogP) is 2.23. The Morgan fingerprint density at radius 3 is 2.38 bits per heavy atom. The Kier molecular flexibility index (Phi) is 4.77. The van der Waals surface area contributed by atoms with Crippen LogP contribution in [0.2, 0.25) is 0 Å². The average Bonchev–Trinajstić information content (AvgIpc) is 2.83. The van der Waals surface area contributed by atoms with E-state index in [1.54, 1.807) is 17.7 Å². The lowest BCUT2D eigenvalue weighted by Gasteiger charge is -2.07. The van der Waals surface area contributed by atoms with E-state index in [9.17, 15) is 9.59 Å². The van der Waals surface area contributed by atoms with E-state index < -0.39 is 18.5 Å². The molecule has 5 heteroatoms. The Bertz CT molecular complexity index is 631. The van der Waals surface area contributed by atoms with Crippen molar-refractivity contribution in [3.05, 3.63) is 59.4 Å². The largest absolute Gasteiger partial charge is 0.458 e. The molecule has 5 nitrogen and oxygen atoms in total. The minimum Gasteiger partial charge on any atom is -0.458 e.